The number of hydrogen-bond acceptors (Lipinski definition) is 3. The number of rotatable bonds is 2. The molecule has 1 aromatic heterocycles. The molecule has 94 valence electrons. The van der Waals surface area contributed by atoms with E-state index in [0.29, 0.717) is 6.10 Å². The summed E-state index contributed by atoms with van der Waals surface area (Å²) in [6.07, 6.45) is 3.54. The van der Waals surface area contributed by atoms with E-state index in [1.807, 2.05) is 32.0 Å². The van der Waals surface area contributed by atoms with E-state index < -0.39 is 0 Å². The molecule has 17 heavy (non-hydrogen) atoms. The number of fused-ring (bicyclic) bond motifs is 2. The molecule has 2 saturated heterocycles. The lowest BCUT2D eigenvalue weighted by Crippen LogP contribution is -2.59. The summed E-state index contributed by atoms with van der Waals surface area (Å²) >= 11 is 0. The van der Waals surface area contributed by atoms with Crippen molar-refractivity contribution in [3.63, 3.8) is 0 Å². The minimum Gasteiger partial charge on any atom is -0.474 e. The molecule has 1 saturated carbocycles. The summed E-state index contributed by atoms with van der Waals surface area (Å²) in [7, 11) is 2.19. The summed E-state index contributed by atoms with van der Waals surface area (Å²) in [4.78, 5) is 6.61. The lowest BCUT2D eigenvalue weighted by Gasteiger charge is -2.51. The standard InChI is InChI=1S/C12H16N2O.C2H6/c1-14-7-9-6-10(8-14)12(9)15-11-4-2-3-5-13-11;1-2/h2-5,9-10,12H,6-8H2,1H3;1-2H3. The van der Waals surface area contributed by atoms with Crippen LogP contribution in [0.2, 0.25) is 0 Å². The fourth-order valence-corrected chi connectivity index (χ4v) is 2.83. The Balaban J connectivity index is 0.000000514. The van der Waals surface area contributed by atoms with Gasteiger partial charge in [0.2, 0.25) is 5.88 Å². The van der Waals surface area contributed by atoms with Crippen LogP contribution in [-0.4, -0.2) is 36.1 Å². The first-order chi connectivity index (χ1) is 8.33. The first-order valence-electron chi connectivity index (χ1n) is 6.59. The van der Waals surface area contributed by atoms with E-state index in [0.717, 1.165) is 17.7 Å². The van der Waals surface area contributed by atoms with Gasteiger partial charge in [0.25, 0.3) is 0 Å². The minimum absolute atomic E-state index is 0.413. The van der Waals surface area contributed by atoms with Crippen molar-refractivity contribution in [1.82, 2.24) is 9.88 Å². The minimum atomic E-state index is 0.413. The Bertz CT molecular complexity index is 329. The van der Waals surface area contributed by atoms with Gasteiger partial charge < -0.3 is 9.64 Å². The van der Waals surface area contributed by atoms with Crippen LogP contribution in [0, 0.1) is 11.8 Å². The van der Waals surface area contributed by atoms with Gasteiger partial charge in [-0.25, -0.2) is 4.98 Å². The highest BCUT2D eigenvalue weighted by atomic mass is 16.5. The molecule has 2 aliphatic heterocycles. The molecule has 4 rings (SSSR count). The molecule has 2 bridgehead atoms. The van der Waals surface area contributed by atoms with Gasteiger partial charge in [-0.3, -0.25) is 0 Å². The van der Waals surface area contributed by atoms with Gasteiger partial charge >= 0.3 is 0 Å². The van der Waals surface area contributed by atoms with Crippen LogP contribution in [0.15, 0.2) is 24.4 Å². The zero-order valence-corrected chi connectivity index (χ0v) is 11.0. The van der Waals surface area contributed by atoms with Crippen LogP contribution in [0.5, 0.6) is 5.88 Å². The molecule has 1 aromatic rings. The Hall–Kier alpha value is -1.09. The Morgan fingerprint density at radius 3 is 2.53 bits per heavy atom. The number of hydrogen-bond donors (Lipinski definition) is 0. The van der Waals surface area contributed by atoms with Crippen molar-refractivity contribution in [3.05, 3.63) is 24.4 Å². The van der Waals surface area contributed by atoms with Gasteiger partial charge in [-0.1, -0.05) is 19.9 Å². The monoisotopic (exact) mass is 234 g/mol. The van der Waals surface area contributed by atoms with Gasteiger partial charge in [0, 0.05) is 37.2 Å². The zero-order chi connectivity index (χ0) is 12.3. The number of pyridine rings is 1. The summed E-state index contributed by atoms with van der Waals surface area (Å²) < 4.78 is 5.93. The molecule has 0 N–H and O–H groups in total. The molecule has 3 heterocycles. The molecular formula is C14H22N2O. The molecule has 1 aliphatic carbocycles. The predicted molar refractivity (Wildman–Crippen MR) is 69.1 cm³/mol. The third kappa shape index (κ3) is 2.60. The molecule has 3 fully saturated rings. The third-order valence-corrected chi connectivity index (χ3v) is 3.52. The topological polar surface area (TPSA) is 25.4 Å². The lowest BCUT2D eigenvalue weighted by molar-refractivity contribution is -0.0870. The Morgan fingerprint density at radius 2 is 1.94 bits per heavy atom. The first-order valence-corrected chi connectivity index (χ1v) is 6.59. The summed E-state index contributed by atoms with van der Waals surface area (Å²) in [5.74, 6) is 2.22. The maximum Gasteiger partial charge on any atom is 0.213 e. The quantitative estimate of drug-likeness (QED) is 0.786. The van der Waals surface area contributed by atoms with Gasteiger partial charge in [0.15, 0.2) is 0 Å². The highest BCUT2D eigenvalue weighted by molar-refractivity contribution is 5.12. The van der Waals surface area contributed by atoms with Crippen LogP contribution in [0.1, 0.15) is 20.3 Å². The van der Waals surface area contributed by atoms with Crippen molar-refractivity contribution in [2.24, 2.45) is 11.8 Å². The summed E-state index contributed by atoms with van der Waals surface area (Å²) in [5, 5.41) is 0. The van der Waals surface area contributed by atoms with E-state index in [2.05, 4.69) is 16.9 Å². The summed E-state index contributed by atoms with van der Waals surface area (Å²) in [6.45, 7) is 6.35. The van der Waals surface area contributed by atoms with Crippen molar-refractivity contribution in [2.45, 2.75) is 26.4 Å². The maximum atomic E-state index is 5.93. The van der Waals surface area contributed by atoms with Crippen LogP contribution in [0.4, 0.5) is 0 Å². The number of piperidine rings is 2. The fourth-order valence-electron chi connectivity index (χ4n) is 2.83. The molecule has 2 atom stereocenters. The van der Waals surface area contributed by atoms with E-state index in [1.54, 1.807) is 6.20 Å². The molecular weight excluding hydrogens is 212 g/mol. The molecule has 0 spiro atoms. The van der Waals surface area contributed by atoms with Crippen LogP contribution < -0.4 is 4.74 Å². The zero-order valence-electron chi connectivity index (χ0n) is 11.0. The second kappa shape index (κ2) is 5.50. The van der Waals surface area contributed by atoms with Crippen molar-refractivity contribution in [1.29, 1.82) is 0 Å². The van der Waals surface area contributed by atoms with E-state index in [9.17, 15) is 0 Å². The molecule has 0 amide bonds. The second-order valence-corrected chi connectivity index (χ2v) is 4.73. The van der Waals surface area contributed by atoms with Crippen LogP contribution >= 0.6 is 0 Å². The number of nitrogens with zero attached hydrogens (tertiary/aromatic N) is 2. The molecule has 0 radical (unpaired) electrons. The third-order valence-electron chi connectivity index (χ3n) is 3.52. The van der Waals surface area contributed by atoms with Gasteiger partial charge in [0.05, 0.1) is 0 Å². The SMILES string of the molecule is CC.CN1CC2CC(C1)C2Oc1ccccn1. The largest absolute Gasteiger partial charge is 0.474 e. The highest BCUT2D eigenvalue weighted by Gasteiger charge is 2.47. The fraction of sp³-hybridized carbons (Fsp3) is 0.643. The molecule has 3 heteroatoms. The Labute approximate surface area is 104 Å². The van der Waals surface area contributed by atoms with E-state index in [4.69, 9.17) is 4.74 Å². The van der Waals surface area contributed by atoms with E-state index >= 15 is 0 Å². The van der Waals surface area contributed by atoms with Gasteiger partial charge in [0.1, 0.15) is 6.10 Å². The van der Waals surface area contributed by atoms with Gasteiger partial charge in [-0.2, -0.15) is 0 Å². The Morgan fingerprint density at radius 1 is 1.24 bits per heavy atom. The number of aromatic nitrogens is 1. The highest BCUT2D eigenvalue weighted by Crippen LogP contribution is 2.41. The van der Waals surface area contributed by atoms with Crippen molar-refractivity contribution >= 4 is 0 Å². The maximum absolute atomic E-state index is 5.93. The molecule has 3 aliphatic rings. The van der Waals surface area contributed by atoms with Gasteiger partial charge in [-0.15, -0.1) is 0 Å². The lowest BCUT2D eigenvalue weighted by atomic mass is 9.68. The van der Waals surface area contributed by atoms with Crippen LogP contribution in [0.3, 0.4) is 0 Å². The van der Waals surface area contributed by atoms with Crippen LogP contribution in [-0.2, 0) is 0 Å². The smallest absolute Gasteiger partial charge is 0.213 e. The molecule has 2 unspecified atom stereocenters. The predicted octanol–water partition coefficient (Wildman–Crippen LogP) is 2.44. The molecule has 3 nitrogen and oxygen atoms in total. The van der Waals surface area contributed by atoms with Crippen molar-refractivity contribution < 1.29 is 4.74 Å². The van der Waals surface area contributed by atoms with Gasteiger partial charge in [-0.05, 0) is 19.5 Å². The Kier molecular flexibility index (Phi) is 4.00. The first kappa shape index (κ1) is 12.4. The molecule has 0 aromatic carbocycles. The number of ether oxygens (including phenoxy) is 1. The average Bonchev–Trinajstić information content (AvgIpc) is 2.39. The van der Waals surface area contributed by atoms with E-state index in [-0.39, 0.29) is 0 Å². The summed E-state index contributed by atoms with van der Waals surface area (Å²) in [5.41, 5.74) is 0. The normalized spacial score (nSPS) is 30.9. The average molecular weight is 234 g/mol. The van der Waals surface area contributed by atoms with Crippen LogP contribution in [0.25, 0.3) is 0 Å². The van der Waals surface area contributed by atoms with Crippen molar-refractivity contribution in [2.75, 3.05) is 20.1 Å². The van der Waals surface area contributed by atoms with Crippen molar-refractivity contribution in [3.8, 4) is 5.88 Å². The summed E-state index contributed by atoms with van der Waals surface area (Å²) in [6, 6.07) is 5.84. The van der Waals surface area contributed by atoms with E-state index in [1.165, 1.54) is 19.5 Å². The second-order valence-electron chi connectivity index (χ2n) is 4.73.